The number of carbonyl (C=O) groups excluding carboxylic acids is 1. The summed E-state index contributed by atoms with van der Waals surface area (Å²) in [5, 5.41) is 6.70. The number of aromatic nitrogens is 3. The minimum absolute atomic E-state index is 0.156. The van der Waals surface area contributed by atoms with Crippen molar-refractivity contribution in [3.05, 3.63) is 75.1 Å². The molecule has 4 rings (SSSR count). The van der Waals surface area contributed by atoms with Gasteiger partial charge in [-0.15, -0.1) is 0 Å². The van der Waals surface area contributed by atoms with Crippen molar-refractivity contribution in [3.63, 3.8) is 0 Å². The van der Waals surface area contributed by atoms with E-state index in [1.807, 2.05) is 32.9 Å². The first-order valence-corrected chi connectivity index (χ1v) is 13.5. The number of anilines is 1. The van der Waals surface area contributed by atoms with Crippen LogP contribution in [-0.2, 0) is 6.54 Å². The molecule has 0 saturated heterocycles. The van der Waals surface area contributed by atoms with Crippen LogP contribution in [0.15, 0.2) is 41.6 Å². The van der Waals surface area contributed by atoms with Crippen molar-refractivity contribution in [1.29, 1.82) is 0 Å². The van der Waals surface area contributed by atoms with E-state index < -0.39 is 0 Å². The van der Waals surface area contributed by atoms with Gasteiger partial charge in [-0.05, 0) is 103 Å². The van der Waals surface area contributed by atoms with Crippen molar-refractivity contribution in [2.75, 3.05) is 19.4 Å². The van der Waals surface area contributed by atoms with Crippen LogP contribution in [0.4, 0.5) is 5.69 Å². The Labute approximate surface area is 225 Å². The van der Waals surface area contributed by atoms with E-state index in [-0.39, 0.29) is 24.1 Å². The van der Waals surface area contributed by atoms with E-state index in [9.17, 15) is 9.59 Å². The highest BCUT2D eigenvalue weighted by Gasteiger charge is 2.27. The summed E-state index contributed by atoms with van der Waals surface area (Å²) in [6.07, 6.45) is 9.76. The predicted octanol–water partition coefficient (Wildman–Crippen LogP) is 4.61. The summed E-state index contributed by atoms with van der Waals surface area (Å²) in [6.45, 7) is 8.10. The lowest BCUT2D eigenvalue weighted by Gasteiger charge is -2.36. The van der Waals surface area contributed by atoms with E-state index in [0.717, 1.165) is 28.1 Å². The molecule has 3 aromatic rings. The lowest BCUT2D eigenvalue weighted by atomic mass is 9.81. The third kappa shape index (κ3) is 6.30. The number of hydrogen-bond donors (Lipinski definition) is 3. The maximum atomic E-state index is 13.5. The van der Waals surface area contributed by atoms with Crippen LogP contribution < -0.4 is 16.2 Å². The third-order valence-electron chi connectivity index (χ3n) is 7.99. The largest absolute Gasteiger partial charge is 0.382 e. The van der Waals surface area contributed by atoms with Crippen LogP contribution in [0, 0.1) is 26.7 Å². The van der Waals surface area contributed by atoms with Crippen LogP contribution in [0.1, 0.15) is 65.3 Å². The maximum absolute atomic E-state index is 13.5. The molecule has 202 valence electrons. The molecule has 1 aliphatic rings. The number of rotatable bonds is 8. The topological polar surface area (TPSA) is 103 Å². The van der Waals surface area contributed by atoms with Crippen LogP contribution in [0.25, 0.3) is 11.3 Å². The molecular weight excluding hydrogens is 476 g/mol. The van der Waals surface area contributed by atoms with Crippen molar-refractivity contribution in [3.8, 4) is 11.3 Å². The smallest absolute Gasteiger partial charge is 0.253 e. The molecule has 1 saturated carbocycles. The standard InChI is InChI=1S/C30H40N6O2/c1-18-13-19(2)34-30(38)26(18)16-33-29(37)25-14-23(28-17-31-11-12-32-28)15-27(20(25)3)35-21(4)22-7-9-24(10-8-22)36(5)6/h11-15,17,21-22,24,35H,7-10,16H2,1-6H3,(H,33,37)(H,34,38). The zero-order chi connectivity index (χ0) is 27.4. The van der Waals surface area contributed by atoms with Gasteiger partial charge in [-0.25, -0.2) is 0 Å². The second kappa shape index (κ2) is 11.9. The fourth-order valence-corrected chi connectivity index (χ4v) is 5.54. The van der Waals surface area contributed by atoms with E-state index in [2.05, 4.69) is 57.6 Å². The van der Waals surface area contributed by atoms with Gasteiger partial charge >= 0.3 is 0 Å². The number of H-pyrrole nitrogens is 1. The first-order chi connectivity index (χ1) is 18.1. The molecule has 1 unspecified atom stereocenters. The Morgan fingerprint density at radius 3 is 2.47 bits per heavy atom. The molecule has 8 nitrogen and oxygen atoms in total. The highest BCUT2D eigenvalue weighted by Crippen LogP contribution is 2.33. The summed E-state index contributed by atoms with van der Waals surface area (Å²) in [6, 6.07) is 6.75. The van der Waals surface area contributed by atoms with Gasteiger partial charge in [0.2, 0.25) is 0 Å². The molecule has 0 bridgehead atoms. The van der Waals surface area contributed by atoms with Gasteiger partial charge in [0.05, 0.1) is 11.9 Å². The molecule has 0 spiro atoms. The van der Waals surface area contributed by atoms with Crippen LogP contribution in [-0.4, -0.2) is 51.9 Å². The van der Waals surface area contributed by atoms with Crippen LogP contribution in [0.2, 0.25) is 0 Å². The van der Waals surface area contributed by atoms with Crippen LogP contribution in [0.3, 0.4) is 0 Å². The summed E-state index contributed by atoms with van der Waals surface area (Å²) < 4.78 is 0. The van der Waals surface area contributed by atoms with Gasteiger partial charge in [-0.1, -0.05) is 0 Å². The predicted molar refractivity (Wildman–Crippen MR) is 152 cm³/mol. The first kappa shape index (κ1) is 27.5. The minimum Gasteiger partial charge on any atom is -0.382 e. The molecule has 8 heteroatoms. The van der Waals surface area contributed by atoms with Gasteiger partial charge in [0, 0.05) is 59.1 Å². The van der Waals surface area contributed by atoms with E-state index in [0.29, 0.717) is 28.8 Å². The zero-order valence-corrected chi connectivity index (χ0v) is 23.4. The number of nitrogens with one attached hydrogen (secondary N) is 3. The molecule has 1 fully saturated rings. The van der Waals surface area contributed by atoms with Gasteiger partial charge in [0.25, 0.3) is 11.5 Å². The Hall–Kier alpha value is -3.52. The van der Waals surface area contributed by atoms with Crippen molar-refractivity contribution in [2.45, 2.75) is 72.0 Å². The van der Waals surface area contributed by atoms with Crippen LogP contribution >= 0.6 is 0 Å². The normalized spacial score (nSPS) is 18.3. The number of carbonyl (C=O) groups is 1. The summed E-state index contributed by atoms with van der Waals surface area (Å²) in [4.78, 5) is 39.8. The second-order valence-corrected chi connectivity index (χ2v) is 10.9. The maximum Gasteiger partial charge on any atom is 0.253 e. The molecule has 3 N–H and O–H groups in total. The second-order valence-electron chi connectivity index (χ2n) is 10.9. The van der Waals surface area contributed by atoms with Gasteiger partial charge in [-0.2, -0.15) is 0 Å². The first-order valence-electron chi connectivity index (χ1n) is 13.5. The summed E-state index contributed by atoms with van der Waals surface area (Å²) in [7, 11) is 4.33. The lowest BCUT2D eigenvalue weighted by molar-refractivity contribution is 0.0950. The lowest BCUT2D eigenvalue weighted by Crippen LogP contribution is -2.36. The van der Waals surface area contributed by atoms with Gasteiger partial charge < -0.3 is 20.5 Å². The van der Waals surface area contributed by atoms with Crippen molar-refractivity contribution in [1.82, 2.24) is 25.2 Å². The SMILES string of the molecule is Cc1cc(C)c(CNC(=O)c2cc(-c3cnccn3)cc(NC(C)C3CCC(N(C)C)CC3)c2C)c(=O)[nH]1. The average molecular weight is 517 g/mol. The molecule has 1 amide bonds. The highest BCUT2D eigenvalue weighted by molar-refractivity contribution is 5.98. The summed E-state index contributed by atoms with van der Waals surface area (Å²) >= 11 is 0. The fraction of sp³-hybridized carbons (Fsp3) is 0.467. The van der Waals surface area contributed by atoms with Gasteiger partial charge in [0.15, 0.2) is 0 Å². The molecule has 2 heterocycles. The molecule has 38 heavy (non-hydrogen) atoms. The quantitative estimate of drug-likeness (QED) is 0.404. The van der Waals surface area contributed by atoms with E-state index in [1.54, 1.807) is 18.6 Å². The number of pyridine rings is 1. The van der Waals surface area contributed by atoms with E-state index in [4.69, 9.17) is 0 Å². The Kier molecular flexibility index (Phi) is 8.62. The Morgan fingerprint density at radius 1 is 1.11 bits per heavy atom. The van der Waals surface area contributed by atoms with Gasteiger partial charge in [-0.3, -0.25) is 19.6 Å². The third-order valence-corrected chi connectivity index (χ3v) is 7.99. The van der Waals surface area contributed by atoms with Gasteiger partial charge in [0.1, 0.15) is 0 Å². The fourth-order valence-electron chi connectivity index (χ4n) is 5.54. The molecular formula is C30H40N6O2. The Bertz CT molecular complexity index is 1330. The van der Waals surface area contributed by atoms with Crippen molar-refractivity contribution in [2.24, 2.45) is 5.92 Å². The number of amides is 1. The molecule has 1 aliphatic carbocycles. The monoisotopic (exact) mass is 516 g/mol. The number of benzene rings is 1. The van der Waals surface area contributed by atoms with Crippen molar-refractivity contribution < 1.29 is 4.79 Å². The van der Waals surface area contributed by atoms with Crippen LogP contribution in [0.5, 0.6) is 0 Å². The molecule has 2 aromatic heterocycles. The average Bonchev–Trinajstić information content (AvgIpc) is 2.89. The molecule has 0 aliphatic heterocycles. The number of nitrogens with zero attached hydrogens (tertiary/aromatic N) is 3. The zero-order valence-electron chi connectivity index (χ0n) is 23.4. The molecule has 1 aromatic carbocycles. The van der Waals surface area contributed by atoms with E-state index >= 15 is 0 Å². The number of aryl methyl sites for hydroxylation is 2. The summed E-state index contributed by atoms with van der Waals surface area (Å²) in [5.74, 6) is 0.342. The van der Waals surface area contributed by atoms with Crippen molar-refractivity contribution >= 4 is 11.6 Å². The molecule has 1 atom stereocenters. The van der Waals surface area contributed by atoms with E-state index in [1.165, 1.54) is 25.7 Å². The highest BCUT2D eigenvalue weighted by atomic mass is 16.1. The molecule has 0 radical (unpaired) electrons. The number of aromatic amines is 1. The summed E-state index contributed by atoms with van der Waals surface area (Å²) in [5.41, 5.74) is 5.93. The number of hydrogen-bond acceptors (Lipinski definition) is 6. The Balaban J connectivity index is 1.59. The Morgan fingerprint density at radius 2 is 1.84 bits per heavy atom. The minimum atomic E-state index is -0.227.